The van der Waals surface area contributed by atoms with Crippen LogP contribution in [0.1, 0.15) is 55.7 Å². The summed E-state index contributed by atoms with van der Waals surface area (Å²) in [5.74, 6) is 0.707. The maximum Gasteiger partial charge on any atom is 0.225 e. The van der Waals surface area contributed by atoms with Gasteiger partial charge in [0.1, 0.15) is 0 Å². The predicted octanol–water partition coefficient (Wildman–Crippen LogP) is 3.21. The summed E-state index contributed by atoms with van der Waals surface area (Å²) >= 11 is 0. The van der Waals surface area contributed by atoms with Gasteiger partial charge in [-0.3, -0.25) is 9.59 Å². The van der Waals surface area contributed by atoms with Crippen LogP contribution in [-0.4, -0.2) is 30.3 Å². The molecule has 4 heteroatoms. The van der Waals surface area contributed by atoms with Gasteiger partial charge in [-0.25, -0.2) is 0 Å². The van der Waals surface area contributed by atoms with E-state index >= 15 is 0 Å². The Morgan fingerprint density at radius 2 is 1.83 bits per heavy atom. The number of benzene rings is 1. The van der Waals surface area contributed by atoms with Crippen LogP contribution in [0.2, 0.25) is 0 Å². The van der Waals surface area contributed by atoms with Crippen molar-refractivity contribution in [2.75, 3.05) is 13.6 Å². The molecule has 0 radical (unpaired) electrons. The average molecular weight is 328 g/mol. The van der Waals surface area contributed by atoms with Crippen LogP contribution in [0, 0.1) is 18.8 Å². The third kappa shape index (κ3) is 3.63. The summed E-state index contributed by atoms with van der Waals surface area (Å²) in [6.45, 7) is 2.83. The molecule has 1 N–H and O–H groups in total. The van der Waals surface area contributed by atoms with Gasteiger partial charge in [0.2, 0.25) is 11.8 Å². The molecule has 0 unspecified atom stereocenters. The van der Waals surface area contributed by atoms with E-state index in [0.717, 1.165) is 12.1 Å². The maximum atomic E-state index is 12.8. The number of nitrogens with one attached hydrogen (secondary N) is 1. The van der Waals surface area contributed by atoms with Crippen LogP contribution in [0.4, 0.5) is 0 Å². The highest BCUT2D eigenvalue weighted by atomic mass is 16.2. The molecule has 1 heterocycles. The van der Waals surface area contributed by atoms with Crippen LogP contribution in [0.25, 0.3) is 0 Å². The molecule has 0 bridgehead atoms. The van der Waals surface area contributed by atoms with Gasteiger partial charge in [0.05, 0.1) is 12.0 Å². The topological polar surface area (TPSA) is 49.4 Å². The van der Waals surface area contributed by atoms with E-state index in [1.807, 2.05) is 26.1 Å². The second-order valence-corrected chi connectivity index (χ2v) is 7.40. The van der Waals surface area contributed by atoms with Gasteiger partial charge >= 0.3 is 0 Å². The minimum Gasteiger partial charge on any atom is -0.356 e. The third-order valence-corrected chi connectivity index (χ3v) is 5.66. The number of piperidine rings is 1. The number of hydrogen-bond donors (Lipinski definition) is 1. The quantitative estimate of drug-likeness (QED) is 0.922. The number of likely N-dealkylation sites (tertiary alicyclic amines) is 1. The van der Waals surface area contributed by atoms with Crippen molar-refractivity contribution in [1.82, 2.24) is 10.2 Å². The molecule has 2 amide bonds. The molecule has 2 fully saturated rings. The van der Waals surface area contributed by atoms with Gasteiger partial charge in [0.25, 0.3) is 0 Å². The molecule has 1 aliphatic heterocycles. The van der Waals surface area contributed by atoms with Crippen molar-refractivity contribution in [2.45, 2.75) is 51.5 Å². The Morgan fingerprint density at radius 1 is 1.17 bits per heavy atom. The van der Waals surface area contributed by atoms with Crippen LogP contribution in [0.5, 0.6) is 0 Å². The molecular weight excluding hydrogens is 300 g/mol. The number of rotatable bonds is 4. The Bertz CT molecular complexity index is 590. The third-order valence-electron chi connectivity index (χ3n) is 5.66. The average Bonchev–Trinajstić information content (AvgIpc) is 3.09. The molecule has 1 aromatic carbocycles. The van der Waals surface area contributed by atoms with E-state index in [9.17, 15) is 9.59 Å². The fraction of sp³-hybridized carbons (Fsp3) is 0.600. The summed E-state index contributed by atoms with van der Waals surface area (Å²) in [5.41, 5.74) is 2.24. The molecule has 0 aromatic heterocycles. The first-order valence-corrected chi connectivity index (χ1v) is 9.16. The van der Waals surface area contributed by atoms with Crippen LogP contribution in [0.15, 0.2) is 24.3 Å². The Kier molecular flexibility index (Phi) is 5.22. The van der Waals surface area contributed by atoms with Crippen molar-refractivity contribution < 1.29 is 9.59 Å². The van der Waals surface area contributed by atoms with E-state index < -0.39 is 0 Å². The van der Waals surface area contributed by atoms with Gasteiger partial charge in [-0.2, -0.15) is 0 Å². The summed E-state index contributed by atoms with van der Waals surface area (Å²) in [6.07, 6.45) is 6.12. The molecule has 1 saturated carbocycles. The van der Waals surface area contributed by atoms with Gasteiger partial charge in [-0.15, -0.1) is 0 Å². The van der Waals surface area contributed by atoms with Crippen LogP contribution >= 0.6 is 0 Å². The van der Waals surface area contributed by atoms with E-state index in [0.29, 0.717) is 18.8 Å². The molecule has 3 rings (SSSR count). The highest BCUT2D eigenvalue weighted by Gasteiger charge is 2.38. The highest BCUT2D eigenvalue weighted by Crippen LogP contribution is 2.36. The lowest BCUT2D eigenvalue weighted by molar-refractivity contribution is -0.141. The fourth-order valence-electron chi connectivity index (χ4n) is 4.12. The van der Waals surface area contributed by atoms with E-state index in [-0.39, 0.29) is 23.8 Å². The zero-order valence-corrected chi connectivity index (χ0v) is 14.8. The summed E-state index contributed by atoms with van der Waals surface area (Å²) < 4.78 is 0. The normalized spacial score (nSPS) is 25.1. The fourth-order valence-corrected chi connectivity index (χ4v) is 4.12. The number of carbonyl (C=O) groups excluding carboxylic acids is 2. The summed E-state index contributed by atoms with van der Waals surface area (Å²) in [6, 6.07) is 8.04. The van der Waals surface area contributed by atoms with Crippen LogP contribution in [0.3, 0.4) is 0 Å². The van der Waals surface area contributed by atoms with Gasteiger partial charge in [-0.05, 0) is 37.7 Å². The monoisotopic (exact) mass is 328 g/mol. The minimum absolute atomic E-state index is 0.104. The van der Waals surface area contributed by atoms with Gasteiger partial charge in [0, 0.05) is 20.0 Å². The SMILES string of the molecule is Cc1ccc([C@@H]2[C@H](C(=O)NCC3CCCC3)CCC(=O)N2C)cc1. The zero-order chi connectivity index (χ0) is 17.1. The summed E-state index contributed by atoms with van der Waals surface area (Å²) in [7, 11) is 1.82. The molecule has 2 atom stereocenters. The lowest BCUT2D eigenvalue weighted by atomic mass is 9.83. The van der Waals surface area contributed by atoms with Crippen molar-refractivity contribution >= 4 is 11.8 Å². The van der Waals surface area contributed by atoms with Gasteiger partial charge < -0.3 is 10.2 Å². The molecule has 2 aliphatic rings. The van der Waals surface area contributed by atoms with Crippen molar-refractivity contribution in [3.05, 3.63) is 35.4 Å². The first-order chi connectivity index (χ1) is 11.6. The molecule has 4 nitrogen and oxygen atoms in total. The Morgan fingerprint density at radius 3 is 2.50 bits per heavy atom. The van der Waals surface area contributed by atoms with E-state index in [4.69, 9.17) is 0 Å². The van der Waals surface area contributed by atoms with Crippen molar-refractivity contribution in [1.29, 1.82) is 0 Å². The summed E-state index contributed by atoms with van der Waals surface area (Å²) in [5, 5.41) is 3.16. The molecule has 1 aromatic rings. The number of carbonyl (C=O) groups is 2. The largest absolute Gasteiger partial charge is 0.356 e. The Hall–Kier alpha value is -1.84. The minimum atomic E-state index is -0.157. The van der Waals surface area contributed by atoms with Crippen LogP contribution < -0.4 is 5.32 Å². The molecule has 24 heavy (non-hydrogen) atoms. The molecular formula is C20H28N2O2. The van der Waals surface area contributed by atoms with E-state index in [1.165, 1.54) is 31.2 Å². The smallest absolute Gasteiger partial charge is 0.225 e. The molecule has 0 spiro atoms. The van der Waals surface area contributed by atoms with E-state index in [1.54, 1.807) is 4.90 Å². The van der Waals surface area contributed by atoms with Gasteiger partial charge in [-0.1, -0.05) is 42.7 Å². The second kappa shape index (κ2) is 7.37. The van der Waals surface area contributed by atoms with E-state index in [2.05, 4.69) is 17.4 Å². The second-order valence-electron chi connectivity index (χ2n) is 7.40. The lowest BCUT2D eigenvalue weighted by Crippen LogP contribution is -2.47. The number of nitrogens with zero attached hydrogens (tertiary/aromatic N) is 1. The van der Waals surface area contributed by atoms with Crippen molar-refractivity contribution in [2.24, 2.45) is 11.8 Å². The standard InChI is InChI=1S/C20H28N2O2/c1-14-7-9-16(10-8-14)19-17(11-12-18(23)22(19)2)20(24)21-13-15-5-3-4-6-15/h7-10,15,17,19H,3-6,11-13H2,1-2H3,(H,21,24)/t17-,19-/m1/s1. The molecule has 1 aliphatic carbocycles. The number of hydrogen-bond acceptors (Lipinski definition) is 2. The number of aryl methyl sites for hydroxylation is 1. The number of amides is 2. The van der Waals surface area contributed by atoms with Crippen molar-refractivity contribution in [3.63, 3.8) is 0 Å². The Balaban J connectivity index is 1.74. The first kappa shape index (κ1) is 17.0. The maximum absolute atomic E-state index is 12.8. The molecule has 1 saturated heterocycles. The van der Waals surface area contributed by atoms with Gasteiger partial charge in [0.15, 0.2) is 0 Å². The summed E-state index contributed by atoms with van der Waals surface area (Å²) in [4.78, 5) is 26.7. The lowest BCUT2D eigenvalue weighted by Gasteiger charge is -2.38. The first-order valence-electron chi connectivity index (χ1n) is 9.16. The van der Waals surface area contributed by atoms with Crippen molar-refractivity contribution in [3.8, 4) is 0 Å². The predicted molar refractivity (Wildman–Crippen MR) is 94.4 cm³/mol. The van der Waals surface area contributed by atoms with Crippen LogP contribution in [-0.2, 0) is 9.59 Å². The Labute approximate surface area is 144 Å². The molecule has 130 valence electrons. The highest BCUT2D eigenvalue weighted by molar-refractivity contribution is 5.84. The zero-order valence-electron chi connectivity index (χ0n) is 14.8.